The van der Waals surface area contributed by atoms with Gasteiger partial charge in [-0.3, -0.25) is 4.79 Å². The summed E-state index contributed by atoms with van der Waals surface area (Å²) in [6, 6.07) is 13.8. The van der Waals surface area contributed by atoms with Gasteiger partial charge in [0.25, 0.3) is 5.91 Å². The summed E-state index contributed by atoms with van der Waals surface area (Å²) in [5, 5.41) is 12.2. The summed E-state index contributed by atoms with van der Waals surface area (Å²) in [6.07, 6.45) is 1.09. The van der Waals surface area contributed by atoms with Crippen LogP contribution in [0.4, 0.5) is 10.2 Å². The van der Waals surface area contributed by atoms with Crippen molar-refractivity contribution in [1.29, 1.82) is 0 Å². The smallest absolute Gasteiger partial charge is 0.254 e. The van der Waals surface area contributed by atoms with Crippen LogP contribution in [0, 0.1) is 5.82 Å². The number of halogens is 1. The number of benzene rings is 2. The fraction of sp³-hybridized carbons (Fsp3) is 0.190. The molecule has 1 amide bonds. The monoisotopic (exact) mass is 380 g/mol. The summed E-state index contributed by atoms with van der Waals surface area (Å²) >= 11 is 0. The molecule has 0 saturated carbocycles. The van der Waals surface area contributed by atoms with Crippen LogP contribution in [0.15, 0.2) is 54.7 Å². The van der Waals surface area contributed by atoms with E-state index in [4.69, 9.17) is 5.73 Å². The summed E-state index contributed by atoms with van der Waals surface area (Å²) in [6.45, 7) is 1.91. The van der Waals surface area contributed by atoms with Gasteiger partial charge in [-0.1, -0.05) is 36.4 Å². The van der Waals surface area contributed by atoms with E-state index in [-0.39, 0.29) is 35.6 Å². The molecule has 1 unspecified atom stereocenters. The number of nitrogens with two attached hydrogens (primary N) is 1. The number of hydrogen-bond donors (Lipinski definition) is 3. The zero-order chi connectivity index (χ0) is 20.1. The Hall–Kier alpha value is -3.32. The highest BCUT2D eigenvalue weighted by Crippen LogP contribution is 2.27. The van der Waals surface area contributed by atoms with Gasteiger partial charge < -0.3 is 16.2 Å². The Morgan fingerprint density at radius 3 is 2.68 bits per heavy atom. The third kappa shape index (κ3) is 4.50. The van der Waals surface area contributed by atoms with E-state index in [1.165, 1.54) is 18.3 Å². The molecular formula is C21H21FN4O2. The Morgan fingerprint density at radius 1 is 1.21 bits per heavy atom. The van der Waals surface area contributed by atoms with Gasteiger partial charge in [0.2, 0.25) is 0 Å². The first-order chi connectivity index (χ1) is 13.5. The van der Waals surface area contributed by atoms with Crippen LogP contribution >= 0.6 is 0 Å². The molecule has 3 rings (SSSR count). The fourth-order valence-corrected chi connectivity index (χ4v) is 2.80. The minimum absolute atomic E-state index is 0.0510. The maximum absolute atomic E-state index is 15.1. The van der Waals surface area contributed by atoms with Crippen molar-refractivity contribution in [3.63, 3.8) is 0 Å². The number of nitrogens with zero attached hydrogens (tertiary/aromatic N) is 2. The van der Waals surface area contributed by atoms with Crippen LogP contribution in [0.5, 0.6) is 0 Å². The molecule has 0 aliphatic carbocycles. The minimum Gasteiger partial charge on any atom is -0.393 e. The summed E-state index contributed by atoms with van der Waals surface area (Å²) in [7, 11) is 0. The largest absolute Gasteiger partial charge is 0.393 e. The van der Waals surface area contributed by atoms with Crippen molar-refractivity contribution >= 4 is 11.7 Å². The van der Waals surface area contributed by atoms with Crippen LogP contribution in [-0.2, 0) is 13.0 Å². The molecule has 28 heavy (non-hydrogen) atoms. The predicted molar refractivity (Wildman–Crippen MR) is 105 cm³/mol. The molecule has 7 heteroatoms. The van der Waals surface area contributed by atoms with Crippen LogP contribution in [0.3, 0.4) is 0 Å². The van der Waals surface area contributed by atoms with Gasteiger partial charge in [0.15, 0.2) is 0 Å². The lowest BCUT2D eigenvalue weighted by Crippen LogP contribution is -2.24. The summed E-state index contributed by atoms with van der Waals surface area (Å²) in [5.74, 6) is -1.20. The number of carbonyl (C=O) groups excluding carboxylic acids is 1. The van der Waals surface area contributed by atoms with Gasteiger partial charge in [-0.05, 0) is 24.6 Å². The molecule has 2 aromatic carbocycles. The van der Waals surface area contributed by atoms with Gasteiger partial charge in [-0.15, -0.1) is 0 Å². The Balaban J connectivity index is 1.88. The first kappa shape index (κ1) is 19.4. The Labute approximate surface area is 162 Å². The highest BCUT2D eigenvalue weighted by molar-refractivity contribution is 5.96. The van der Waals surface area contributed by atoms with Crippen LogP contribution in [0.25, 0.3) is 11.3 Å². The van der Waals surface area contributed by atoms with Crippen LogP contribution in [0.1, 0.15) is 28.5 Å². The van der Waals surface area contributed by atoms with Gasteiger partial charge >= 0.3 is 0 Å². The SMILES string of the molecule is CC(O)Cc1cnc(N)c(-c2cccc(C(=O)NCc3ccccc3)c2F)n1. The molecule has 0 aliphatic heterocycles. The molecule has 1 atom stereocenters. The third-order valence-corrected chi connectivity index (χ3v) is 4.15. The number of amides is 1. The molecule has 1 aromatic heterocycles. The van der Waals surface area contributed by atoms with E-state index in [1.807, 2.05) is 30.3 Å². The van der Waals surface area contributed by atoms with E-state index < -0.39 is 17.8 Å². The normalized spacial score (nSPS) is 11.8. The Morgan fingerprint density at radius 2 is 1.96 bits per heavy atom. The number of aliphatic hydroxyl groups is 1. The highest BCUT2D eigenvalue weighted by Gasteiger charge is 2.19. The highest BCUT2D eigenvalue weighted by atomic mass is 19.1. The molecule has 0 spiro atoms. The van der Waals surface area contributed by atoms with Gasteiger partial charge in [0, 0.05) is 18.5 Å². The van der Waals surface area contributed by atoms with Crippen LogP contribution < -0.4 is 11.1 Å². The van der Waals surface area contributed by atoms with E-state index in [0.717, 1.165) is 5.56 Å². The van der Waals surface area contributed by atoms with E-state index in [9.17, 15) is 9.90 Å². The molecule has 0 saturated heterocycles. The van der Waals surface area contributed by atoms with Crippen molar-refractivity contribution in [2.75, 3.05) is 5.73 Å². The van der Waals surface area contributed by atoms with Gasteiger partial charge in [-0.2, -0.15) is 0 Å². The van der Waals surface area contributed by atoms with Crippen molar-refractivity contribution in [3.05, 3.63) is 77.4 Å². The number of anilines is 1. The van der Waals surface area contributed by atoms with Crippen molar-refractivity contribution < 1.29 is 14.3 Å². The molecule has 0 radical (unpaired) electrons. The number of aromatic nitrogens is 2. The Bertz CT molecular complexity index is 977. The summed E-state index contributed by atoms with van der Waals surface area (Å²) in [4.78, 5) is 20.8. The molecule has 0 aliphatic rings. The fourth-order valence-electron chi connectivity index (χ4n) is 2.80. The standard InChI is InChI=1S/C21H21FN4O2/c1-13(27)10-15-12-24-20(23)19(26-15)16-8-5-9-17(18(16)22)21(28)25-11-14-6-3-2-4-7-14/h2-9,12-13,27H,10-11H2,1H3,(H2,23,24)(H,25,28). The van der Waals surface area contributed by atoms with Crippen LogP contribution in [0.2, 0.25) is 0 Å². The molecule has 1 heterocycles. The van der Waals surface area contributed by atoms with E-state index in [1.54, 1.807) is 13.0 Å². The number of nitrogen functional groups attached to an aromatic ring is 1. The number of hydrogen-bond acceptors (Lipinski definition) is 5. The predicted octanol–water partition coefficient (Wildman–Crippen LogP) is 2.72. The first-order valence-electron chi connectivity index (χ1n) is 8.86. The molecule has 6 nitrogen and oxygen atoms in total. The Kier molecular flexibility index (Phi) is 5.96. The molecule has 0 fully saturated rings. The average Bonchev–Trinajstić information content (AvgIpc) is 2.68. The number of aliphatic hydroxyl groups excluding tert-OH is 1. The lowest BCUT2D eigenvalue weighted by Gasteiger charge is -2.12. The van der Waals surface area contributed by atoms with Gasteiger partial charge in [0.05, 0.1) is 23.6 Å². The summed E-state index contributed by atoms with van der Waals surface area (Å²) < 4.78 is 15.1. The van der Waals surface area contributed by atoms with Gasteiger partial charge in [0.1, 0.15) is 17.3 Å². The van der Waals surface area contributed by atoms with Gasteiger partial charge in [-0.25, -0.2) is 14.4 Å². The van der Waals surface area contributed by atoms with Crippen LogP contribution in [-0.4, -0.2) is 27.1 Å². The lowest BCUT2D eigenvalue weighted by atomic mass is 10.1. The average molecular weight is 380 g/mol. The molecular weight excluding hydrogens is 359 g/mol. The van der Waals surface area contributed by atoms with Crippen molar-refractivity contribution in [3.8, 4) is 11.3 Å². The second kappa shape index (κ2) is 8.58. The van der Waals surface area contributed by atoms with Crippen molar-refractivity contribution in [2.45, 2.75) is 26.0 Å². The topological polar surface area (TPSA) is 101 Å². The number of rotatable bonds is 6. The molecule has 144 valence electrons. The lowest BCUT2D eigenvalue weighted by molar-refractivity contribution is 0.0947. The second-order valence-electron chi connectivity index (χ2n) is 6.48. The molecule has 0 bridgehead atoms. The number of carbonyl (C=O) groups is 1. The van der Waals surface area contributed by atoms with E-state index >= 15 is 4.39 Å². The quantitative estimate of drug-likeness (QED) is 0.610. The zero-order valence-corrected chi connectivity index (χ0v) is 15.4. The number of nitrogens with one attached hydrogen (secondary N) is 1. The summed E-state index contributed by atoms with van der Waals surface area (Å²) in [5.41, 5.74) is 7.41. The molecule has 3 aromatic rings. The maximum Gasteiger partial charge on any atom is 0.254 e. The van der Waals surface area contributed by atoms with Crippen molar-refractivity contribution in [1.82, 2.24) is 15.3 Å². The third-order valence-electron chi connectivity index (χ3n) is 4.15. The van der Waals surface area contributed by atoms with E-state index in [2.05, 4.69) is 15.3 Å². The van der Waals surface area contributed by atoms with Crippen molar-refractivity contribution in [2.24, 2.45) is 0 Å². The minimum atomic E-state index is -0.719. The first-order valence-corrected chi connectivity index (χ1v) is 8.86. The molecule has 4 N–H and O–H groups in total. The zero-order valence-electron chi connectivity index (χ0n) is 15.4. The maximum atomic E-state index is 15.1. The second-order valence-corrected chi connectivity index (χ2v) is 6.48. The van der Waals surface area contributed by atoms with E-state index in [0.29, 0.717) is 5.69 Å².